The summed E-state index contributed by atoms with van der Waals surface area (Å²) in [6.45, 7) is 0.812. The minimum atomic E-state index is -0.280. The molecule has 1 amide bonds. The molecule has 0 saturated carbocycles. The number of nitrogens with one attached hydrogen (secondary N) is 1. The maximum Gasteiger partial charge on any atom is 0.255 e. The predicted molar refractivity (Wildman–Crippen MR) is 105 cm³/mol. The Morgan fingerprint density at radius 2 is 1.67 bits per heavy atom. The fourth-order valence-corrected chi connectivity index (χ4v) is 2.89. The monoisotopic (exact) mass is 413 g/mol. The number of methoxy groups -OCH3 is 3. The summed E-state index contributed by atoms with van der Waals surface area (Å²) in [4.78, 5) is 12.5. The van der Waals surface area contributed by atoms with E-state index < -0.39 is 0 Å². The number of benzene rings is 2. The van der Waals surface area contributed by atoms with Gasteiger partial charge in [-0.05, 0) is 36.8 Å². The van der Waals surface area contributed by atoms with E-state index in [1.807, 2.05) is 0 Å². The van der Waals surface area contributed by atoms with Crippen LogP contribution >= 0.6 is 23.2 Å². The van der Waals surface area contributed by atoms with E-state index in [0.717, 1.165) is 0 Å². The molecule has 2 aromatic rings. The molecule has 0 aliphatic rings. The second-order valence-electron chi connectivity index (χ2n) is 5.41. The van der Waals surface area contributed by atoms with Gasteiger partial charge in [-0.3, -0.25) is 4.79 Å². The summed E-state index contributed by atoms with van der Waals surface area (Å²) in [5, 5.41) is 3.81. The zero-order valence-electron chi connectivity index (χ0n) is 15.3. The standard InChI is InChI=1S/C19H21Cl2NO5/c1-24-16-8-6-13(17(25-2)18(16)26-3)19(23)22-9-4-10-27-15-7-5-12(20)11-14(15)21/h5-8,11H,4,9-10H2,1-3H3,(H,22,23). The molecule has 6 nitrogen and oxygen atoms in total. The van der Waals surface area contributed by atoms with Crippen LogP contribution in [0.25, 0.3) is 0 Å². The number of hydrogen-bond acceptors (Lipinski definition) is 5. The van der Waals surface area contributed by atoms with E-state index in [1.165, 1.54) is 21.3 Å². The van der Waals surface area contributed by atoms with E-state index in [9.17, 15) is 4.79 Å². The Hall–Kier alpha value is -2.31. The minimum absolute atomic E-state index is 0.280. The zero-order valence-corrected chi connectivity index (χ0v) is 16.8. The van der Waals surface area contributed by atoms with Crippen LogP contribution in [0.15, 0.2) is 30.3 Å². The number of carbonyl (C=O) groups is 1. The lowest BCUT2D eigenvalue weighted by Crippen LogP contribution is -2.26. The molecule has 0 aliphatic carbocycles. The first kappa shape index (κ1) is 21.0. The Labute approximate surface area is 168 Å². The van der Waals surface area contributed by atoms with Crippen molar-refractivity contribution in [3.05, 3.63) is 45.9 Å². The van der Waals surface area contributed by atoms with Crippen molar-refractivity contribution in [2.45, 2.75) is 6.42 Å². The van der Waals surface area contributed by atoms with Crippen LogP contribution in [-0.4, -0.2) is 40.4 Å². The second kappa shape index (κ2) is 10.1. The summed E-state index contributed by atoms with van der Waals surface area (Å²) in [5.41, 5.74) is 0.358. The molecular formula is C19H21Cl2NO5. The van der Waals surface area contributed by atoms with Crippen LogP contribution in [0.5, 0.6) is 23.0 Å². The van der Waals surface area contributed by atoms with Crippen molar-refractivity contribution in [3.63, 3.8) is 0 Å². The molecule has 0 spiro atoms. The number of carbonyl (C=O) groups excluding carboxylic acids is 1. The fourth-order valence-electron chi connectivity index (χ4n) is 2.42. The highest BCUT2D eigenvalue weighted by atomic mass is 35.5. The maximum atomic E-state index is 12.5. The van der Waals surface area contributed by atoms with Gasteiger partial charge >= 0.3 is 0 Å². The van der Waals surface area contributed by atoms with Crippen LogP contribution in [-0.2, 0) is 0 Å². The molecule has 8 heteroatoms. The SMILES string of the molecule is COc1ccc(C(=O)NCCCOc2ccc(Cl)cc2Cl)c(OC)c1OC. The van der Waals surface area contributed by atoms with Crippen molar-refractivity contribution in [3.8, 4) is 23.0 Å². The van der Waals surface area contributed by atoms with Gasteiger partial charge in [-0.25, -0.2) is 0 Å². The minimum Gasteiger partial charge on any atom is -0.493 e. The van der Waals surface area contributed by atoms with Crippen molar-refractivity contribution >= 4 is 29.1 Å². The zero-order chi connectivity index (χ0) is 19.8. The fraction of sp³-hybridized carbons (Fsp3) is 0.316. The lowest BCUT2D eigenvalue weighted by Gasteiger charge is -2.15. The maximum absolute atomic E-state index is 12.5. The molecule has 27 heavy (non-hydrogen) atoms. The van der Waals surface area contributed by atoms with Crippen LogP contribution in [0.4, 0.5) is 0 Å². The number of ether oxygens (including phenoxy) is 4. The molecule has 0 saturated heterocycles. The van der Waals surface area contributed by atoms with E-state index in [0.29, 0.717) is 58.2 Å². The lowest BCUT2D eigenvalue weighted by atomic mass is 10.1. The van der Waals surface area contributed by atoms with Crippen molar-refractivity contribution in [1.82, 2.24) is 5.32 Å². The van der Waals surface area contributed by atoms with Crippen LogP contribution in [0, 0.1) is 0 Å². The average molecular weight is 414 g/mol. The summed E-state index contributed by atoms with van der Waals surface area (Å²) in [6.07, 6.45) is 0.598. The van der Waals surface area contributed by atoms with Crippen molar-refractivity contribution in [2.24, 2.45) is 0 Å². The molecule has 146 valence electrons. The summed E-state index contributed by atoms with van der Waals surface area (Å²) >= 11 is 11.9. The van der Waals surface area contributed by atoms with Gasteiger partial charge in [0.05, 0.1) is 38.5 Å². The van der Waals surface area contributed by atoms with Crippen LogP contribution in [0.3, 0.4) is 0 Å². The Balaban J connectivity index is 1.90. The van der Waals surface area contributed by atoms with Gasteiger partial charge in [-0.1, -0.05) is 23.2 Å². The number of halogens is 2. The highest BCUT2D eigenvalue weighted by molar-refractivity contribution is 6.35. The largest absolute Gasteiger partial charge is 0.493 e. The molecule has 2 aromatic carbocycles. The topological polar surface area (TPSA) is 66.0 Å². The van der Waals surface area contributed by atoms with E-state index in [2.05, 4.69) is 5.32 Å². The predicted octanol–water partition coefficient (Wildman–Crippen LogP) is 4.22. The van der Waals surface area contributed by atoms with Crippen molar-refractivity contribution < 1.29 is 23.7 Å². The first-order valence-electron chi connectivity index (χ1n) is 8.16. The third-order valence-corrected chi connectivity index (χ3v) is 4.24. The van der Waals surface area contributed by atoms with Crippen LogP contribution < -0.4 is 24.3 Å². The summed E-state index contributed by atoms with van der Waals surface area (Å²) in [6, 6.07) is 8.30. The van der Waals surface area contributed by atoms with E-state index >= 15 is 0 Å². The highest BCUT2D eigenvalue weighted by Crippen LogP contribution is 2.39. The Morgan fingerprint density at radius 3 is 2.30 bits per heavy atom. The molecular weight excluding hydrogens is 393 g/mol. The van der Waals surface area contributed by atoms with Crippen molar-refractivity contribution in [1.29, 1.82) is 0 Å². The van der Waals surface area contributed by atoms with Crippen molar-refractivity contribution in [2.75, 3.05) is 34.5 Å². The normalized spacial score (nSPS) is 10.3. The first-order valence-corrected chi connectivity index (χ1v) is 8.92. The molecule has 0 bridgehead atoms. The van der Waals surface area contributed by atoms with E-state index in [-0.39, 0.29) is 5.91 Å². The summed E-state index contributed by atoms with van der Waals surface area (Å²) < 4.78 is 21.4. The molecule has 0 unspecified atom stereocenters. The third-order valence-electron chi connectivity index (χ3n) is 3.71. The number of hydrogen-bond donors (Lipinski definition) is 1. The first-order chi connectivity index (χ1) is 13.0. The molecule has 0 heterocycles. The molecule has 0 aliphatic heterocycles. The Morgan fingerprint density at radius 1 is 0.963 bits per heavy atom. The van der Waals surface area contributed by atoms with E-state index in [1.54, 1.807) is 30.3 Å². The van der Waals surface area contributed by atoms with Gasteiger partial charge in [0.25, 0.3) is 5.91 Å². The van der Waals surface area contributed by atoms with Crippen LogP contribution in [0.1, 0.15) is 16.8 Å². The molecule has 2 rings (SSSR count). The second-order valence-corrected chi connectivity index (χ2v) is 6.26. The quantitative estimate of drug-likeness (QED) is 0.623. The van der Waals surface area contributed by atoms with E-state index in [4.69, 9.17) is 42.1 Å². The van der Waals surface area contributed by atoms with Crippen LogP contribution in [0.2, 0.25) is 10.0 Å². The van der Waals surface area contributed by atoms with Gasteiger partial charge < -0.3 is 24.3 Å². The third kappa shape index (κ3) is 5.34. The van der Waals surface area contributed by atoms with Gasteiger partial charge in [0.15, 0.2) is 11.5 Å². The molecule has 0 radical (unpaired) electrons. The van der Waals surface area contributed by atoms with Gasteiger partial charge in [0.2, 0.25) is 5.75 Å². The summed E-state index contributed by atoms with van der Waals surface area (Å²) in [7, 11) is 4.48. The Kier molecular flexibility index (Phi) is 7.88. The molecule has 0 atom stereocenters. The number of amides is 1. The van der Waals surface area contributed by atoms with Gasteiger partial charge in [0, 0.05) is 11.6 Å². The molecule has 0 aromatic heterocycles. The van der Waals surface area contributed by atoms with Gasteiger partial charge in [-0.2, -0.15) is 0 Å². The van der Waals surface area contributed by atoms with Gasteiger partial charge in [0.1, 0.15) is 5.75 Å². The molecule has 1 N–H and O–H groups in total. The number of rotatable bonds is 9. The molecule has 0 fully saturated rings. The highest BCUT2D eigenvalue weighted by Gasteiger charge is 2.20. The summed E-state index contributed by atoms with van der Waals surface area (Å²) in [5.74, 6) is 1.44. The average Bonchev–Trinajstić information content (AvgIpc) is 2.67. The smallest absolute Gasteiger partial charge is 0.255 e. The lowest BCUT2D eigenvalue weighted by molar-refractivity contribution is 0.0947. The van der Waals surface area contributed by atoms with Gasteiger partial charge in [-0.15, -0.1) is 0 Å². The Bertz CT molecular complexity index is 798.